The number of esters is 1. The molecule has 0 amide bonds. The molecule has 0 saturated heterocycles. The average molecular weight is 240 g/mol. The van der Waals surface area contributed by atoms with E-state index in [1.807, 2.05) is 6.92 Å². The zero-order valence-electron chi connectivity index (χ0n) is 9.44. The molecule has 0 atom stereocenters. The van der Waals surface area contributed by atoms with Gasteiger partial charge < -0.3 is 9.47 Å². The van der Waals surface area contributed by atoms with E-state index in [0.717, 1.165) is 6.07 Å². The predicted molar refractivity (Wildman–Crippen MR) is 58.5 cm³/mol. The molecule has 0 aliphatic heterocycles. The van der Waals surface area contributed by atoms with Crippen LogP contribution in [0.25, 0.3) is 0 Å². The lowest BCUT2D eigenvalue weighted by molar-refractivity contribution is -0.134. The van der Waals surface area contributed by atoms with Crippen molar-refractivity contribution in [2.45, 2.75) is 19.8 Å². The summed E-state index contributed by atoms with van der Waals surface area (Å²) in [5.41, 5.74) is 0. The topological polar surface area (TPSA) is 52.6 Å². The van der Waals surface area contributed by atoms with Crippen LogP contribution < -0.4 is 9.47 Å². The van der Waals surface area contributed by atoms with Crippen molar-refractivity contribution in [1.29, 1.82) is 0 Å². The summed E-state index contributed by atoms with van der Waals surface area (Å²) in [4.78, 5) is 21.2. The van der Waals surface area contributed by atoms with Crippen molar-refractivity contribution in [2.75, 3.05) is 6.61 Å². The van der Waals surface area contributed by atoms with E-state index >= 15 is 0 Å². The molecule has 1 aromatic rings. The Morgan fingerprint density at radius 3 is 2.82 bits per heavy atom. The molecule has 1 rings (SSSR count). The summed E-state index contributed by atoms with van der Waals surface area (Å²) < 4.78 is 23.1. The quantitative estimate of drug-likeness (QED) is 0.434. The third-order valence-corrected chi connectivity index (χ3v) is 1.90. The first kappa shape index (κ1) is 13.2. The fraction of sp³-hybridized carbons (Fsp3) is 0.333. The molecule has 1 aromatic carbocycles. The molecule has 0 saturated carbocycles. The van der Waals surface area contributed by atoms with Crippen LogP contribution in [0.2, 0.25) is 0 Å². The van der Waals surface area contributed by atoms with Gasteiger partial charge in [-0.2, -0.15) is 0 Å². The molecule has 0 heterocycles. The second kappa shape index (κ2) is 6.62. The van der Waals surface area contributed by atoms with Crippen molar-refractivity contribution in [3.05, 3.63) is 24.0 Å². The molecular weight excluding hydrogens is 227 g/mol. The van der Waals surface area contributed by atoms with Crippen molar-refractivity contribution in [2.24, 2.45) is 0 Å². The van der Waals surface area contributed by atoms with Crippen LogP contribution in [0.15, 0.2) is 18.2 Å². The van der Waals surface area contributed by atoms with Gasteiger partial charge in [0.15, 0.2) is 17.9 Å². The zero-order chi connectivity index (χ0) is 12.7. The van der Waals surface area contributed by atoms with E-state index in [9.17, 15) is 14.0 Å². The Morgan fingerprint density at radius 2 is 2.24 bits per heavy atom. The minimum Gasteiger partial charge on any atom is -0.486 e. The number of aldehydes is 1. The van der Waals surface area contributed by atoms with Crippen LogP contribution in [0, 0.1) is 5.82 Å². The van der Waals surface area contributed by atoms with Gasteiger partial charge in [-0.05, 0) is 18.6 Å². The van der Waals surface area contributed by atoms with Crippen molar-refractivity contribution < 1.29 is 23.5 Å². The molecule has 0 N–H and O–H groups in total. The molecule has 4 nitrogen and oxygen atoms in total. The number of carbonyl (C=O) groups is 2. The number of benzene rings is 1. The summed E-state index contributed by atoms with van der Waals surface area (Å²) in [6.07, 6.45) is 1.44. The summed E-state index contributed by atoms with van der Waals surface area (Å²) in [6.45, 7) is 1.68. The van der Waals surface area contributed by atoms with E-state index in [4.69, 9.17) is 9.47 Å². The Hall–Kier alpha value is -1.91. The Kier molecular flexibility index (Phi) is 5.13. The zero-order valence-corrected chi connectivity index (χ0v) is 9.44. The lowest BCUT2D eigenvalue weighted by atomic mass is 10.3. The molecule has 0 unspecified atom stereocenters. The second-order valence-corrected chi connectivity index (χ2v) is 3.29. The Balaban J connectivity index is 2.68. The van der Waals surface area contributed by atoms with Crippen LogP contribution in [0.1, 0.15) is 19.8 Å². The number of ether oxygens (including phenoxy) is 2. The highest BCUT2D eigenvalue weighted by atomic mass is 19.1. The lowest BCUT2D eigenvalue weighted by Crippen LogP contribution is -2.08. The van der Waals surface area contributed by atoms with E-state index in [-0.39, 0.29) is 24.5 Å². The van der Waals surface area contributed by atoms with Gasteiger partial charge in [-0.25, -0.2) is 4.39 Å². The molecule has 0 fully saturated rings. The van der Waals surface area contributed by atoms with Crippen molar-refractivity contribution in [3.63, 3.8) is 0 Å². The molecule has 92 valence electrons. The van der Waals surface area contributed by atoms with Gasteiger partial charge in [0.2, 0.25) is 0 Å². The van der Waals surface area contributed by atoms with E-state index in [1.165, 1.54) is 12.1 Å². The molecular formula is C12H13FO4. The average Bonchev–Trinajstić information content (AvgIpc) is 2.30. The van der Waals surface area contributed by atoms with Crippen LogP contribution in [-0.2, 0) is 9.59 Å². The summed E-state index contributed by atoms with van der Waals surface area (Å²) in [5.74, 6) is -1.10. The number of halogens is 1. The SMILES string of the molecule is CCCC(=O)Oc1ccc(OCC=O)cc1F. The van der Waals surface area contributed by atoms with Gasteiger partial charge in [0.25, 0.3) is 0 Å². The molecule has 0 aromatic heterocycles. The smallest absolute Gasteiger partial charge is 0.311 e. The van der Waals surface area contributed by atoms with Crippen LogP contribution in [0.5, 0.6) is 11.5 Å². The Morgan fingerprint density at radius 1 is 1.47 bits per heavy atom. The minimum absolute atomic E-state index is 0.137. The minimum atomic E-state index is -0.696. The maximum atomic E-state index is 13.4. The molecule has 0 aliphatic rings. The van der Waals surface area contributed by atoms with Crippen molar-refractivity contribution >= 4 is 12.3 Å². The van der Waals surface area contributed by atoms with Gasteiger partial charge in [0, 0.05) is 12.5 Å². The highest BCUT2D eigenvalue weighted by molar-refractivity contribution is 5.72. The highest BCUT2D eigenvalue weighted by Crippen LogP contribution is 2.23. The number of rotatable bonds is 6. The van der Waals surface area contributed by atoms with Gasteiger partial charge in [0.1, 0.15) is 12.4 Å². The molecule has 5 heteroatoms. The van der Waals surface area contributed by atoms with Crippen LogP contribution in [0.4, 0.5) is 4.39 Å². The molecule has 0 bridgehead atoms. The summed E-state index contributed by atoms with van der Waals surface area (Å²) in [6, 6.07) is 3.79. The standard InChI is InChI=1S/C12H13FO4/c1-2-3-12(15)17-11-5-4-9(8-10(11)13)16-7-6-14/h4-6,8H,2-3,7H2,1H3. The summed E-state index contributed by atoms with van der Waals surface area (Å²) in [5, 5.41) is 0. The first-order valence-corrected chi connectivity index (χ1v) is 5.24. The van der Waals surface area contributed by atoms with Crippen LogP contribution in [0.3, 0.4) is 0 Å². The van der Waals surface area contributed by atoms with E-state index < -0.39 is 11.8 Å². The predicted octanol–water partition coefficient (Wildman–Crippen LogP) is 2.11. The highest BCUT2D eigenvalue weighted by Gasteiger charge is 2.09. The lowest BCUT2D eigenvalue weighted by Gasteiger charge is -2.07. The first-order chi connectivity index (χ1) is 8.17. The summed E-state index contributed by atoms with van der Waals surface area (Å²) in [7, 11) is 0. The van der Waals surface area contributed by atoms with E-state index in [1.54, 1.807) is 0 Å². The molecule has 0 spiro atoms. The van der Waals surface area contributed by atoms with Gasteiger partial charge in [-0.3, -0.25) is 9.59 Å². The number of hydrogen-bond acceptors (Lipinski definition) is 4. The summed E-state index contributed by atoms with van der Waals surface area (Å²) >= 11 is 0. The van der Waals surface area contributed by atoms with Gasteiger partial charge in [-0.15, -0.1) is 0 Å². The van der Waals surface area contributed by atoms with Crippen LogP contribution >= 0.6 is 0 Å². The maximum absolute atomic E-state index is 13.4. The third kappa shape index (κ3) is 4.22. The van der Waals surface area contributed by atoms with E-state index in [2.05, 4.69) is 0 Å². The molecule has 0 radical (unpaired) electrons. The fourth-order valence-corrected chi connectivity index (χ4v) is 1.16. The van der Waals surface area contributed by atoms with Gasteiger partial charge in [0.05, 0.1) is 0 Å². The van der Waals surface area contributed by atoms with Crippen molar-refractivity contribution in [3.8, 4) is 11.5 Å². The number of hydrogen-bond donors (Lipinski definition) is 0. The molecule has 0 aliphatic carbocycles. The first-order valence-electron chi connectivity index (χ1n) is 5.24. The van der Waals surface area contributed by atoms with E-state index in [0.29, 0.717) is 12.7 Å². The monoisotopic (exact) mass is 240 g/mol. The second-order valence-electron chi connectivity index (χ2n) is 3.29. The fourth-order valence-electron chi connectivity index (χ4n) is 1.16. The van der Waals surface area contributed by atoms with Crippen molar-refractivity contribution in [1.82, 2.24) is 0 Å². The van der Waals surface area contributed by atoms with Gasteiger partial charge >= 0.3 is 5.97 Å². The Bertz CT molecular complexity index is 403. The Labute approximate surface area is 98.3 Å². The number of carbonyl (C=O) groups excluding carboxylic acids is 2. The van der Waals surface area contributed by atoms with Gasteiger partial charge in [-0.1, -0.05) is 6.92 Å². The normalized spacial score (nSPS) is 9.76. The third-order valence-electron chi connectivity index (χ3n) is 1.90. The van der Waals surface area contributed by atoms with Crippen LogP contribution in [-0.4, -0.2) is 18.9 Å². The molecule has 17 heavy (non-hydrogen) atoms. The maximum Gasteiger partial charge on any atom is 0.311 e. The largest absolute Gasteiger partial charge is 0.486 e.